The van der Waals surface area contributed by atoms with Gasteiger partial charge in [-0.25, -0.2) is 0 Å². The molecule has 0 spiro atoms. The van der Waals surface area contributed by atoms with Gasteiger partial charge in [-0.05, 0) is 48.9 Å². The molecule has 1 amide bonds. The third-order valence-corrected chi connectivity index (χ3v) is 7.16. The summed E-state index contributed by atoms with van der Waals surface area (Å²) in [6, 6.07) is 13.3. The van der Waals surface area contributed by atoms with Crippen LogP contribution in [0.1, 0.15) is 55.7 Å². The van der Waals surface area contributed by atoms with Gasteiger partial charge >= 0.3 is 0 Å². The summed E-state index contributed by atoms with van der Waals surface area (Å²) >= 11 is 0. The standard InChI is InChI=1S/C25H27N3O2/c26-13-17-5-4-8-20(11-17)22-9-10-23(29)28-15-18-12-21(24(22)28)16-27(14-18)25(30)19-6-2-1-3-7-19/h4-5,8-11,18-19,21H,1-3,6-7,12,14-16H2. The predicted molar refractivity (Wildman–Crippen MR) is 115 cm³/mol. The number of likely N-dealkylation sites (tertiary alicyclic amines) is 1. The summed E-state index contributed by atoms with van der Waals surface area (Å²) in [5.74, 6) is 1.01. The van der Waals surface area contributed by atoms with Crippen molar-refractivity contribution in [2.24, 2.45) is 11.8 Å². The molecule has 2 unspecified atom stereocenters. The lowest BCUT2D eigenvalue weighted by atomic mass is 9.79. The highest BCUT2D eigenvalue weighted by Gasteiger charge is 2.39. The van der Waals surface area contributed by atoms with Gasteiger partial charge in [0.1, 0.15) is 0 Å². The van der Waals surface area contributed by atoms with E-state index in [4.69, 9.17) is 0 Å². The van der Waals surface area contributed by atoms with Gasteiger partial charge in [-0.15, -0.1) is 0 Å². The second-order valence-corrected chi connectivity index (χ2v) is 9.15. The maximum atomic E-state index is 13.2. The van der Waals surface area contributed by atoms with Gasteiger partial charge in [-0.3, -0.25) is 9.59 Å². The second kappa shape index (κ2) is 7.75. The van der Waals surface area contributed by atoms with E-state index in [1.54, 1.807) is 12.1 Å². The van der Waals surface area contributed by atoms with Gasteiger partial charge < -0.3 is 9.47 Å². The van der Waals surface area contributed by atoms with Crippen molar-refractivity contribution >= 4 is 5.91 Å². The molecular formula is C25H27N3O2. The van der Waals surface area contributed by atoms with Crippen LogP contribution in [0.5, 0.6) is 0 Å². The molecule has 1 aliphatic carbocycles. The summed E-state index contributed by atoms with van der Waals surface area (Å²) in [5, 5.41) is 9.30. The molecular weight excluding hydrogens is 374 g/mol. The SMILES string of the molecule is N#Cc1cccc(-c2ccc(=O)n3c2C2CC(CN(C(=O)C4CCCCC4)C2)C3)c1. The van der Waals surface area contributed by atoms with Gasteiger partial charge in [-0.2, -0.15) is 5.26 Å². The fourth-order valence-electron chi connectivity index (χ4n) is 5.80. The normalized spacial score (nSPS) is 23.5. The fraction of sp³-hybridized carbons (Fsp3) is 0.480. The van der Waals surface area contributed by atoms with Crippen molar-refractivity contribution in [2.75, 3.05) is 13.1 Å². The van der Waals surface area contributed by atoms with Crippen molar-refractivity contribution in [3.05, 3.63) is 58.0 Å². The van der Waals surface area contributed by atoms with E-state index in [1.807, 2.05) is 28.8 Å². The molecule has 30 heavy (non-hydrogen) atoms. The minimum atomic E-state index is 0.0342. The Morgan fingerprint density at radius 2 is 1.87 bits per heavy atom. The van der Waals surface area contributed by atoms with Crippen LogP contribution in [0.15, 0.2) is 41.2 Å². The first-order chi connectivity index (χ1) is 14.6. The Bertz CT molecular complexity index is 1070. The molecule has 1 aromatic heterocycles. The number of nitrogens with zero attached hydrogens (tertiary/aromatic N) is 3. The van der Waals surface area contributed by atoms with Crippen molar-refractivity contribution in [2.45, 2.75) is 51.0 Å². The summed E-state index contributed by atoms with van der Waals surface area (Å²) in [7, 11) is 0. The van der Waals surface area contributed by atoms with Crippen LogP contribution < -0.4 is 5.56 Å². The van der Waals surface area contributed by atoms with Crippen LogP contribution in [-0.4, -0.2) is 28.5 Å². The van der Waals surface area contributed by atoms with Crippen molar-refractivity contribution in [3.63, 3.8) is 0 Å². The molecule has 2 atom stereocenters. The molecule has 154 valence electrons. The first kappa shape index (κ1) is 19.1. The highest BCUT2D eigenvalue weighted by atomic mass is 16.2. The number of pyridine rings is 1. The van der Waals surface area contributed by atoms with Crippen LogP contribution in [0.25, 0.3) is 11.1 Å². The number of carbonyl (C=O) groups is 1. The van der Waals surface area contributed by atoms with Crippen molar-refractivity contribution < 1.29 is 4.79 Å². The monoisotopic (exact) mass is 401 g/mol. The molecule has 2 fully saturated rings. The summed E-state index contributed by atoms with van der Waals surface area (Å²) in [4.78, 5) is 28.0. The number of piperidine rings is 1. The number of nitriles is 1. The van der Waals surface area contributed by atoms with Crippen molar-refractivity contribution in [3.8, 4) is 17.2 Å². The Morgan fingerprint density at radius 1 is 1.03 bits per heavy atom. The number of hydrogen-bond donors (Lipinski definition) is 0. The van der Waals surface area contributed by atoms with Gasteiger partial charge in [-0.1, -0.05) is 31.4 Å². The number of amides is 1. The quantitative estimate of drug-likeness (QED) is 0.766. The Labute approximate surface area is 176 Å². The Hall–Kier alpha value is -2.87. The molecule has 1 aromatic carbocycles. The lowest BCUT2D eigenvalue weighted by Crippen LogP contribution is -2.51. The number of benzene rings is 1. The maximum absolute atomic E-state index is 13.2. The number of rotatable bonds is 2. The molecule has 2 aromatic rings. The summed E-state index contributed by atoms with van der Waals surface area (Å²) in [6.45, 7) is 2.14. The van der Waals surface area contributed by atoms with Crippen LogP contribution in [0.4, 0.5) is 0 Å². The first-order valence-electron chi connectivity index (χ1n) is 11.2. The third-order valence-electron chi connectivity index (χ3n) is 7.16. The topological polar surface area (TPSA) is 66.1 Å². The molecule has 0 N–H and O–H groups in total. The number of carbonyl (C=O) groups excluding carboxylic acids is 1. The van der Waals surface area contributed by atoms with Gasteiger partial charge in [0.05, 0.1) is 11.6 Å². The zero-order chi connectivity index (χ0) is 20.7. The lowest BCUT2D eigenvalue weighted by Gasteiger charge is -2.44. The van der Waals surface area contributed by atoms with Crippen LogP contribution >= 0.6 is 0 Å². The van der Waals surface area contributed by atoms with E-state index in [2.05, 4.69) is 11.0 Å². The van der Waals surface area contributed by atoms with E-state index in [-0.39, 0.29) is 17.4 Å². The molecule has 2 bridgehead atoms. The second-order valence-electron chi connectivity index (χ2n) is 9.15. The number of fused-ring (bicyclic) bond motifs is 4. The summed E-state index contributed by atoms with van der Waals surface area (Å²) < 4.78 is 1.93. The van der Waals surface area contributed by atoms with Crippen LogP contribution in [0.2, 0.25) is 0 Å². The molecule has 2 aliphatic heterocycles. The van der Waals surface area contributed by atoms with Crippen molar-refractivity contribution in [1.82, 2.24) is 9.47 Å². The van der Waals surface area contributed by atoms with E-state index in [0.29, 0.717) is 30.5 Å². The van der Waals surface area contributed by atoms with Crippen LogP contribution in [-0.2, 0) is 11.3 Å². The average molecular weight is 402 g/mol. The summed E-state index contributed by atoms with van der Waals surface area (Å²) in [6.07, 6.45) is 6.63. The highest BCUT2D eigenvalue weighted by molar-refractivity contribution is 5.79. The zero-order valence-corrected chi connectivity index (χ0v) is 17.2. The Kier molecular flexibility index (Phi) is 4.94. The van der Waals surface area contributed by atoms with Gasteiger partial charge in [0.15, 0.2) is 0 Å². The molecule has 5 heteroatoms. The van der Waals surface area contributed by atoms with Gasteiger partial charge in [0, 0.05) is 48.8 Å². The maximum Gasteiger partial charge on any atom is 0.250 e. The first-order valence-corrected chi connectivity index (χ1v) is 11.2. The molecule has 1 saturated heterocycles. The van der Waals surface area contributed by atoms with E-state index >= 15 is 0 Å². The lowest BCUT2D eigenvalue weighted by molar-refractivity contribution is -0.139. The largest absolute Gasteiger partial charge is 0.341 e. The van der Waals surface area contributed by atoms with E-state index in [1.165, 1.54) is 6.42 Å². The number of hydrogen-bond acceptors (Lipinski definition) is 3. The Balaban J connectivity index is 1.51. The van der Waals surface area contributed by atoms with Crippen LogP contribution in [0.3, 0.4) is 0 Å². The van der Waals surface area contributed by atoms with Crippen LogP contribution in [0, 0.1) is 23.2 Å². The summed E-state index contributed by atoms with van der Waals surface area (Å²) in [5.41, 5.74) is 3.67. The third kappa shape index (κ3) is 3.35. The number of aromatic nitrogens is 1. The van der Waals surface area contributed by atoms with Crippen molar-refractivity contribution in [1.29, 1.82) is 5.26 Å². The van der Waals surface area contributed by atoms with Gasteiger partial charge in [0.2, 0.25) is 5.91 Å². The minimum absolute atomic E-state index is 0.0342. The molecule has 5 nitrogen and oxygen atoms in total. The smallest absolute Gasteiger partial charge is 0.250 e. The highest BCUT2D eigenvalue weighted by Crippen LogP contribution is 2.41. The van der Waals surface area contributed by atoms with E-state index in [0.717, 1.165) is 55.5 Å². The molecule has 0 radical (unpaired) electrons. The molecule has 1 saturated carbocycles. The fourth-order valence-corrected chi connectivity index (χ4v) is 5.80. The predicted octanol–water partition coefficient (Wildman–Crippen LogP) is 3.91. The van der Waals surface area contributed by atoms with E-state index in [9.17, 15) is 14.9 Å². The minimum Gasteiger partial charge on any atom is -0.341 e. The molecule has 5 rings (SSSR count). The molecule has 3 aliphatic rings. The molecule has 3 heterocycles. The van der Waals surface area contributed by atoms with Gasteiger partial charge in [0.25, 0.3) is 5.56 Å². The average Bonchev–Trinajstić information content (AvgIpc) is 2.79. The Morgan fingerprint density at radius 3 is 2.67 bits per heavy atom. The van der Waals surface area contributed by atoms with E-state index < -0.39 is 0 Å². The zero-order valence-electron chi connectivity index (χ0n) is 17.2.